The molecule has 0 radical (unpaired) electrons. The van der Waals surface area contributed by atoms with Gasteiger partial charge in [-0.3, -0.25) is 14.4 Å². The summed E-state index contributed by atoms with van der Waals surface area (Å²) in [6, 6.07) is 0.0335. The Balaban J connectivity index is 1.76. The van der Waals surface area contributed by atoms with Gasteiger partial charge in [-0.05, 0) is 25.7 Å². The van der Waals surface area contributed by atoms with Crippen LogP contribution < -0.4 is 5.32 Å². The summed E-state index contributed by atoms with van der Waals surface area (Å²) in [4.78, 5) is 36.7. The second kappa shape index (κ2) is 7.58. The highest BCUT2D eigenvalue weighted by atomic mass is 16.5. The average molecular weight is 312 g/mol. The molecule has 1 aliphatic heterocycles. The summed E-state index contributed by atoms with van der Waals surface area (Å²) in [7, 11) is 1.58. The Morgan fingerprint density at radius 3 is 2.55 bits per heavy atom. The van der Waals surface area contributed by atoms with Crippen LogP contribution in [0.2, 0.25) is 0 Å². The van der Waals surface area contributed by atoms with Crippen molar-refractivity contribution in [3.05, 3.63) is 0 Å². The van der Waals surface area contributed by atoms with Gasteiger partial charge >= 0.3 is 5.97 Å². The molecule has 0 bridgehead atoms. The first-order valence-corrected chi connectivity index (χ1v) is 7.81. The smallest absolute Gasteiger partial charge is 0.306 e. The van der Waals surface area contributed by atoms with Gasteiger partial charge in [-0.25, -0.2) is 0 Å². The lowest BCUT2D eigenvalue weighted by atomic mass is 9.86. The van der Waals surface area contributed by atoms with E-state index in [0.717, 1.165) is 0 Å². The number of nitrogens with one attached hydrogen (secondary N) is 1. The molecule has 0 spiro atoms. The zero-order valence-corrected chi connectivity index (χ0v) is 12.9. The number of carboxylic acid groups (broad SMARTS) is 1. The van der Waals surface area contributed by atoms with E-state index < -0.39 is 5.97 Å². The van der Waals surface area contributed by atoms with Gasteiger partial charge in [0.1, 0.15) is 0 Å². The topological polar surface area (TPSA) is 95.9 Å². The van der Waals surface area contributed by atoms with Crippen molar-refractivity contribution in [1.82, 2.24) is 10.2 Å². The van der Waals surface area contributed by atoms with Gasteiger partial charge in [0.25, 0.3) is 0 Å². The molecule has 0 aromatic rings. The van der Waals surface area contributed by atoms with Crippen LogP contribution >= 0.6 is 0 Å². The molecule has 7 nitrogen and oxygen atoms in total. The number of amides is 2. The van der Waals surface area contributed by atoms with Crippen molar-refractivity contribution in [1.29, 1.82) is 0 Å². The summed E-state index contributed by atoms with van der Waals surface area (Å²) < 4.78 is 4.96. The van der Waals surface area contributed by atoms with E-state index in [9.17, 15) is 14.4 Å². The third-order valence-corrected chi connectivity index (χ3v) is 4.57. The van der Waals surface area contributed by atoms with Gasteiger partial charge in [-0.15, -0.1) is 0 Å². The highest BCUT2D eigenvalue weighted by Gasteiger charge is 2.35. The molecule has 1 saturated heterocycles. The van der Waals surface area contributed by atoms with Gasteiger partial charge in [0, 0.05) is 32.7 Å². The highest BCUT2D eigenvalue weighted by molar-refractivity contribution is 5.89. The van der Waals surface area contributed by atoms with Gasteiger partial charge in [-0.2, -0.15) is 0 Å². The maximum Gasteiger partial charge on any atom is 0.306 e. The summed E-state index contributed by atoms with van der Waals surface area (Å²) in [6.07, 6.45) is 2.83. The van der Waals surface area contributed by atoms with E-state index in [1.807, 2.05) is 0 Å². The van der Waals surface area contributed by atoms with E-state index in [0.29, 0.717) is 45.4 Å². The lowest BCUT2D eigenvalue weighted by Crippen LogP contribution is -2.42. The molecule has 1 aliphatic carbocycles. The molecule has 22 heavy (non-hydrogen) atoms. The predicted octanol–water partition coefficient (Wildman–Crippen LogP) is 0.241. The average Bonchev–Trinajstić information content (AvgIpc) is 2.87. The number of nitrogens with zero attached hydrogens (tertiary/aromatic N) is 1. The number of likely N-dealkylation sites (tertiary alicyclic amines) is 1. The summed E-state index contributed by atoms with van der Waals surface area (Å²) in [5, 5.41) is 11.9. The molecule has 7 heteroatoms. The number of ether oxygens (including phenoxy) is 1. The van der Waals surface area contributed by atoms with Crippen LogP contribution in [0, 0.1) is 11.8 Å². The van der Waals surface area contributed by atoms with Gasteiger partial charge in [0.2, 0.25) is 11.8 Å². The Labute approximate surface area is 130 Å². The van der Waals surface area contributed by atoms with Crippen LogP contribution in [0.5, 0.6) is 0 Å². The van der Waals surface area contributed by atoms with Gasteiger partial charge in [0.05, 0.1) is 18.4 Å². The maximum atomic E-state index is 12.3. The lowest BCUT2D eigenvalue weighted by Gasteiger charge is -2.27. The van der Waals surface area contributed by atoms with Crippen LogP contribution in [-0.2, 0) is 19.1 Å². The quantitative estimate of drug-likeness (QED) is 0.732. The fourth-order valence-electron chi connectivity index (χ4n) is 3.17. The number of hydrogen-bond donors (Lipinski definition) is 2. The zero-order valence-electron chi connectivity index (χ0n) is 12.9. The van der Waals surface area contributed by atoms with Crippen LogP contribution in [0.25, 0.3) is 0 Å². The first kappa shape index (κ1) is 16.7. The van der Waals surface area contributed by atoms with E-state index >= 15 is 0 Å². The fourth-order valence-corrected chi connectivity index (χ4v) is 3.17. The number of hydrogen-bond acceptors (Lipinski definition) is 4. The molecule has 0 aromatic carbocycles. The van der Waals surface area contributed by atoms with Crippen LogP contribution in [-0.4, -0.2) is 60.6 Å². The van der Waals surface area contributed by atoms with Crippen LogP contribution in [0.15, 0.2) is 0 Å². The van der Waals surface area contributed by atoms with Crippen molar-refractivity contribution in [3.8, 4) is 0 Å². The summed E-state index contributed by atoms with van der Waals surface area (Å²) in [5.74, 6) is -1.44. The summed E-state index contributed by atoms with van der Waals surface area (Å²) >= 11 is 0. The molecule has 1 atom stereocenters. The first-order chi connectivity index (χ1) is 10.5. The summed E-state index contributed by atoms with van der Waals surface area (Å²) in [5.41, 5.74) is 0. The molecular formula is C15H24N2O5. The van der Waals surface area contributed by atoms with E-state index in [1.54, 1.807) is 12.0 Å². The molecule has 2 N–H and O–H groups in total. The molecule has 2 rings (SSSR count). The van der Waals surface area contributed by atoms with Crippen molar-refractivity contribution in [3.63, 3.8) is 0 Å². The molecule has 2 fully saturated rings. The molecular weight excluding hydrogens is 288 g/mol. The van der Waals surface area contributed by atoms with E-state index in [-0.39, 0.29) is 36.1 Å². The normalized spacial score (nSPS) is 28.7. The van der Waals surface area contributed by atoms with Crippen LogP contribution in [0.3, 0.4) is 0 Å². The minimum atomic E-state index is -0.750. The van der Waals surface area contributed by atoms with Crippen molar-refractivity contribution < 1.29 is 24.2 Å². The summed E-state index contributed by atoms with van der Waals surface area (Å²) in [6.45, 7) is 1.43. The van der Waals surface area contributed by atoms with Crippen LogP contribution in [0.1, 0.15) is 32.1 Å². The molecule has 2 amide bonds. The number of aliphatic carboxylic acids is 1. The van der Waals surface area contributed by atoms with Gasteiger partial charge in [0.15, 0.2) is 0 Å². The minimum absolute atomic E-state index is 0.00761. The maximum absolute atomic E-state index is 12.3. The molecule has 1 saturated carbocycles. The number of methoxy groups -OCH3 is 1. The number of rotatable bonds is 6. The molecule has 1 heterocycles. The van der Waals surface area contributed by atoms with E-state index in [2.05, 4.69) is 5.32 Å². The number of carbonyl (C=O) groups is 3. The Morgan fingerprint density at radius 2 is 1.95 bits per heavy atom. The largest absolute Gasteiger partial charge is 0.481 e. The Hall–Kier alpha value is -1.63. The highest BCUT2D eigenvalue weighted by Crippen LogP contribution is 2.25. The third-order valence-electron chi connectivity index (χ3n) is 4.57. The predicted molar refractivity (Wildman–Crippen MR) is 78.1 cm³/mol. The molecule has 2 aliphatic rings. The Bertz CT molecular complexity index is 432. The second-order valence-electron chi connectivity index (χ2n) is 6.13. The van der Waals surface area contributed by atoms with E-state index in [1.165, 1.54) is 0 Å². The van der Waals surface area contributed by atoms with Gasteiger partial charge < -0.3 is 20.1 Å². The SMILES string of the molecule is COCCN1C[C@H](C(=O)NC2CCC(C(=O)O)CC2)CC1=O. The van der Waals surface area contributed by atoms with Crippen molar-refractivity contribution in [2.24, 2.45) is 11.8 Å². The monoisotopic (exact) mass is 312 g/mol. The third kappa shape index (κ3) is 4.19. The van der Waals surface area contributed by atoms with Crippen molar-refractivity contribution in [2.75, 3.05) is 26.8 Å². The van der Waals surface area contributed by atoms with Crippen molar-refractivity contribution in [2.45, 2.75) is 38.1 Å². The molecule has 124 valence electrons. The first-order valence-electron chi connectivity index (χ1n) is 7.81. The number of carboxylic acids is 1. The minimum Gasteiger partial charge on any atom is -0.481 e. The number of carbonyl (C=O) groups excluding carboxylic acids is 2. The Kier molecular flexibility index (Phi) is 5.76. The van der Waals surface area contributed by atoms with Gasteiger partial charge in [-0.1, -0.05) is 0 Å². The zero-order chi connectivity index (χ0) is 16.1. The Morgan fingerprint density at radius 1 is 1.27 bits per heavy atom. The lowest BCUT2D eigenvalue weighted by molar-refractivity contribution is -0.143. The van der Waals surface area contributed by atoms with E-state index in [4.69, 9.17) is 9.84 Å². The van der Waals surface area contributed by atoms with Crippen LogP contribution in [0.4, 0.5) is 0 Å². The standard InChI is InChI=1S/C15H24N2O5/c1-22-7-6-17-9-11(8-13(17)18)14(19)16-12-4-2-10(3-5-12)15(20)21/h10-12H,2-9H2,1H3,(H,16,19)(H,20,21)/t10?,11-,12?/m1/s1. The fraction of sp³-hybridized carbons (Fsp3) is 0.800. The van der Waals surface area contributed by atoms with Crippen molar-refractivity contribution >= 4 is 17.8 Å². The molecule has 0 aromatic heterocycles. The molecule has 0 unspecified atom stereocenters. The second-order valence-corrected chi connectivity index (χ2v) is 6.13.